The van der Waals surface area contributed by atoms with Gasteiger partial charge in [0, 0.05) is 6.42 Å². The molecule has 0 radical (unpaired) electrons. The second-order valence-electron chi connectivity index (χ2n) is 2.38. The number of rotatable bonds is 3. The van der Waals surface area contributed by atoms with Crippen LogP contribution < -0.4 is 0 Å². The Balaban J connectivity index is 3.91. The predicted octanol–water partition coefficient (Wildman–Crippen LogP) is 3.19. The summed E-state index contributed by atoms with van der Waals surface area (Å²) >= 11 is 0. The van der Waals surface area contributed by atoms with Gasteiger partial charge in [0.25, 0.3) is 0 Å². The molecule has 0 atom stereocenters. The van der Waals surface area contributed by atoms with E-state index in [-0.39, 0.29) is 0 Å². The van der Waals surface area contributed by atoms with Crippen molar-refractivity contribution < 1.29 is 5.11 Å². The van der Waals surface area contributed by atoms with Gasteiger partial charge in [0.15, 0.2) is 0 Å². The van der Waals surface area contributed by atoms with Gasteiger partial charge in [0.1, 0.15) is 0 Å². The van der Waals surface area contributed by atoms with Gasteiger partial charge >= 0.3 is 0 Å². The van der Waals surface area contributed by atoms with Crippen molar-refractivity contribution in [1.29, 1.82) is 0 Å². The van der Waals surface area contributed by atoms with Crippen LogP contribution in [0.2, 0.25) is 0 Å². The van der Waals surface area contributed by atoms with Crippen LogP contribution in [0.25, 0.3) is 0 Å². The topological polar surface area (TPSA) is 20.2 Å². The van der Waals surface area contributed by atoms with E-state index in [1.807, 2.05) is 13.0 Å². The number of hydrogen-bond acceptors (Lipinski definition) is 1. The first-order valence-electron chi connectivity index (χ1n) is 3.76. The van der Waals surface area contributed by atoms with Crippen molar-refractivity contribution >= 4 is 0 Å². The fraction of sp³-hybridized carbons (Fsp3) is 0.556. The van der Waals surface area contributed by atoms with Gasteiger partial charge in [-0.25, -0.2) is 0 Å². The van der Waals surface area contributed by atoms with Gasteiger partial charge in [0.05, 0.1) is 5.76 Å². The van der Waals surface area contributed by atoms with E-state index in [9.17, 15) is 0 Å². The van der Waals surface area contributed by atoms with Crippen LogP contribution in [0.3, 0.4) is 0 Å². The third kappa shape index (κ3) is 4.19. The van der Waals surface area contributed by atoms with Crippen molar-refractivity contribution in [2.75, 3.05) is 0 Å². The zero-order valence-electron chi connectivity index (χ0n) is 7.02. The van der Waals surface area contributed by atoms with Gasteiger partial charge < -0.3 is 5.11 Å². The van der Waals surface area contributed by atoms with Crippen LogP contribution in [0.4, 0.5) is 0 Å². The highest BCUT2D eigenvalue weighted by Crippen LogP contribution is 2.01. The first-order valence-corrected chi connectivity index (χ1v) is 3.76. The predicted molar refractivity (Wildman–Crippen MR) is 45.1 cm³/mol. The first kappa shape index (κ1) is 9.28. The van der Waals surface area contributed by atoms with E-state index in [0.717, 1.165) is 6.42 Å². The van der Waals surface area contributed by atoms with Gasteiger partial charge in [-0.3, -0.25) is 0 Å². The van der Waals surface area contributed by atoms with Crippen LogP contribution in [0.15, 0.2) is 23.5 Å². The van der Waals surface area contributed by atoms with E-state index in [0.29, 0.717) is 12.2 Å². The normalized spacial score (nSPS) is 13.9. The van der Waals surface area contributed by atoms with Crippen LogP contribution in [0.1, 0.15) is 33.6 Å². The summed E-state index contributed by atoms with van der Waals surface area (Å²) in [5.74, 6) is 0.452. The third-order valence-corrected chi connectivity index (χ3v) is 1.48. The monoisotopic (exact) mass is 140 g/mol. The lowest BCUT2D eigenvalue weighted by Crippen LogP contribution is -1.75. The molecule has 1 N–H and O–H groups in total. The van der Waals surface area contributed by atoms with Crippen LogP contribution >= 0.6 is 0 Å². The molecule has 0 rings (SSSR count). The summed E-state index contributed by atoms with van der Waals surface area (Å²) in [4.78, 5) is 0. The number of aliphatic hydroxyl groups excluding tert-OH is 1. The van der Waals surface area contributed by atoms with Crippen molar-refractivity contribution in [3.8, 4) is 0 Å². The molecule has 0 fully saturated rings. The summed E-state index contributed by atoms with van der Waals surface area (Å²) in [6.45, 7) is 6.09. The molecule has 0 saturated heterocycles. The lowest BCUT2D eigenvalue weighted by molar-refractivity contribution is 0.394. The Hall–Kier alpha value is -0.720. The maximum atomic E-state index is 9.02. The second-order valence-corrected chi connectivity index (χ2v) is 2.38. The molecule has 0 amide bonds. The summed E-state index contributed by atoms with van der Waals surface area (Å²) in [6, 6.07) is 0. The highest BCUT2D eigenvalue weighted by Gasteiger charge is 1.83. The van der Waals surface area contributed by atoms with E-state index in [4.69, 9.17) is 5.11 Å². The number of hydrogen-bond donors (Lipinski definition) is 1. The van der Waals surface area contributed by atoms with Crippen molar-refractivity contribution in [2.45, 2.75) is 33.6 Å². The highest BCUT2D eigenvalue weighted by atomic mass is 16.3. The Morgan fingerprint density at radius 1 is 1.20 bits per heavy atom. The van der Waals surface area contributed by atoms with Crippen molar-refractivity contribution in [2.24, 2.45) is 0 Å². The van der Waals surface area contributed by atoms with Gasteiger partial charge in [-0.2, -0.15) is 0 Å². The lowest BCUT2D eigenvalue weighted by Gasteiger charge is -1.92. The molecule has 1 nitrogen and oxygen atoms in total. The van der Waals surface area contributed by atoms with Crippen LogP contribution in [0, 0.1) is 0 Å². The van der Waals surface area contributed by atoms with E-state index in [2.05, 4.69) is 13.8 Å². The molecule has 58 valence electrons. The minimum absolute atomic E-state index is 0.452. The van der Waals surface area contributed by atoms with Crippen LogP contribution in [0.5, 0.6) is 0 Å². The Morgan fingerprint density at radius 3 is 2.20 bits per heavy atom. The largest absolute Gasteiger partial charge is 0.512 e. The second kappa shape index (κ2) is 5.10. The van der Waals surface area contributed by atoms with Crippen LogP contribution in [-0.4, -0.2) is 5.11 Å². The Bertz CT molecular complexity index is 125. The van der Waals surface area contributed by atoms with Crippen molar-refractivity contribution in [1.82, 2.24) is 0 Å². The zero-order chi connectivity index (χ0) is 7.98. The molecule has 0 aliphatic carbocycles. The summed E-state index contributed by atoms with van der Waals surface area (Å²) < 4.78 is 0. The van der Waals surface area contributed by atoms with Crippen molar-refractivity contribution in [3.05, 3.63) is 23.5 Å². The molecule has 0 aromatic carbocycles. The van der Waals surface area contributed by atoms with Gasteiger partial charge in [-0.15, -0.1) is 0 Å². The van der Waals surface area contributed by atoms with Gasteiger partial charge in [-0.05, 0) is 19.4 Å². The molecular weight excluding hydrogens is 124 g/mol. The van der Waals surface area contributed by atoms with E-state index in [1.165, 1.54) is 5.57 Å². The summed E-state index contributed by atoms with van der Waals surface area (Å²) in [5, 5.41) is 9.02. The molecule has 0 spiro atoms. The molecule has 0 heterocycles. The lowest BCUT2D eigenvalue weighted by atomic mass is 10.2. The molecule has 0 aliphatic rings. The number of allylic oxidation sites excluding steroid dienone is 4. The smallest absolute Gasteiger partial charge is 0.0919 e. The fourth-order valence-corrected chi connectivity index (χ4v) is 0.474. The molecular formula is C9H16O. The van der Waals surface area contributed by atoms with Crippen molar-refractivity contribution in [3.63, 3.8) is 0 Å². The maximum absolute atomic E-state index is 9.02. The van der Waals surface area contributed by atoms with E-state index < -0.39 is 0 Å². The third-order valence-electron chi connectivity index (χ3n) is 1.48. The first-order chi connectivity index (χ1) is 4.70. The maximum Gasteiger partial charge on any atom is 0.0919 e. The average Bonchev–Trinajstić information content (AvgIpc) is 1.99. The molecule has 0 saturated carbocycles. The Kier molecular flexibility index (Phi) is 4.73. The number of aliphatic hydroxyl groups is 1. The Labute approximate surface area is 63.1 Å². The molecule has 0 aliphatic heterocycles. The minimum Gasteiger partial charge on any atom is -0.512 e. The Morgan fingerprint density at radius 2 is 1.80 bits per heavy atom. The quantitative estimate of drug-likeness (QED) is 0.471. The molecule has 10 heavy (non-hydrogen) atoms. The minimum atomic E-state index is 0.452. The van der Waals surface area contributed by atoms with E-state index in [1.54, 1.807) is 6.08 Å². The molecule has 0 unspecified atom stereocenters. The molecule has 0 aromatic heterocycles. The summed E-state index contributed by atoms with van der Waals surface area (Å²) in [7, 11) is 0. The molecule has 0 bridgehead atoms. The molecule has 0 aromatic rings. The van der Waals surface area contributed by atoms with Gasteiger partial charge in [0.2, 0.25) is 0 Å². The SMILES string of the molecule is CC/C(C)=C/C=C(/O)CC. The average molecular weight is 140 g/mol. The molecule has 1 heteroatoms. The highest BCUT2D eigenvalue weighted by molar-refractivity contribution is 5.12. The fourth-order valence-electron chi connectivity index (χ4n) is 0.474. The standard InChI is InChI=1S/C9H16O/c1-4-8(3)6-7-9(10)5-2/h6-7,10H,4-5H2,1-3H3/b8-6+,9-7+. The summed E-state index contributed by atoms with van der Waals surface area (Å²) in [6.07, 6.45) is 5.48. The van der Waals surface area contributed by atoms with E-state index >= 15 is 0 Å². The summed E-state index contributed by atoms with van der Waals surface area (Å²) in [5.41, 5.74) is 1.29. The zero-order valence-corrected chi connectivity index (χ0v) is 7.02. The van der Waals surface area contributed by atoms with Crippen LogP contribution in [-0.2, 0) is 0 Å². The van der Waals surface area contributed by atoms with Gasteiger partial charge in [-0.1, -0.05) is 25.5 Å².